The Morgan fingerprint density at radius 2 is 2.13 bits per heavy atom. The highest BCUT2D eigenvalue weighted by atomic mass is 32.1. The van der Waals surface area contributed by atoms with Gasteiger partial charge in [-0.1, -0.05) is 36.8 Å². The van der Waals surface area contributed by atoms with Crippen molar-refractivity contribution in [1.29, 1.82) is 0 Å². The van der Waals surface area contributed by atoms with Gasteiger partial charge in [0.05, 0.1) is 5.52 Å². The highest BCUT2D eigenvalue weighted by Crippen LogP contribution is 2.32. The lowest BCUT2D eigenvalue weighted by Gasteiger charge is -2.32. The maximum Gasteiger partial charge on any atom is 0.270 e. The van der Waals surface area contributed by atoms with Gasteiger partial charge in [-0.05, 0) is 38.7 Å². The number of hydrogen-bond acceptors (Lipinski definition) is 5. The summed E-state index contributed by atoms with van der Waals surface area (Å²) in [4.78, 5) is 35.0. The zero-order valence-electron chi connectivity index (χ0n) is 17.7. The van der Waals surface area contributed by atoms with Crippen molar-refractivity contribution in [2.75, 3.05) is 18.0 Å². The van der Waals surface area contributed by atoms with E-state index < -0.39 is 0 Å². The van der Waals surface area contributed by atoms with Crippen molar-refractivity contribution in [1.82, 2.24) is 15.3 Å². The molecule has 0 saturated carbocycles. The molecule has 7 heteroatoms. The second-order valence-corrected chi connectivity index (χ2v) is 9.04. The summed E-state index contributed by atoms with van der Waals surface area (Å²) >= 11 is 1.43. The number of piperidine rings is 1. The Bertz CT molecular complexity index is 1110. The monoisotopic (exact) mass is 424 g/mol. The summed E-state index contributed by atoms with van der Waals surface area (Å²) in [5.74, 6) is 0.760. The van der Waals surface area contributed by atoms with Crippen molar-refractivity contribution in [2.45, 2.75) is 46.1 Å². The molecule has 1 aliphatic heterocycles. The van der Waals surface area contributed by atoms with Crippen LogP contribution in [0.2, 0.25) is 0 Å². The molecule has 6 nitrogen and oxygen atoms in total. The number of carbonyl (C=O) groups is 1. The Kier molecular flexibility index (Phi) is 5.90. The maximum absolute atomic E-state index is 12.7. The summed E-state index contributed by atoms with van der Waals surface area (Å²) in [6.45, 7) is 7.57. The molecule has 3 heterocycles. The number of aryl methyl sites for hydroxylation is 1. The van der Waals surface area contributed by atoms with E-state index in [1.54, 1.807) is 0 Å². The van der Waals surface area contributed by atoms with Crippen LogP contribution >= 0.6 is 11.3 Å². The molecule has 0 aliphatic carbocycles. The molecule has 1 aliphatic rings. The first-order valence-electron chi connectivity index (χ1n) is 10.6. The Morgan fingerprint density at radius 3 is 2.83 bits per heavy atom. The van der Waals surface area contributed by atoms with Gasteiger partial charge in [-0.3, -0.25) is 14.6 Å². The summed E-state index contributed by atoms with van der Waals surface area (Å²) in [6, 6.07) is 8.46. The van der Waals surface area contributed by atoms with E-state index in [-0.39, 0.29) is 23.4 Å². The number of fused-ring (bicyclic) bond motifs is 1. The molecule has 1 atom stereocenters. The van der Waals surface area contributed by atoms with Crippen LogP contribution in [0.15, 0.2) is 34.4 Å². The first kappa shape index (κ1) is 20.6. The fourth-order valence-electron chi connectivity index (χ4n) is 3.90. The third-order valence-electron chi connectivity index (χ3n) is 5.91. The number of nitrogens with zero attached hydrogens (tertiary/aromatic N) is 2. The molecule has 158 valence electrons. The Morgan fingerprint density at radius 1 is 1.37 bits per heavy atom. The van der Waals surface area contributed by atoms with Crippen LogP contribution in [-0.2, 0) is 4.79 Å². The van der Waals surface area contributed by atoms with Crippen molar-refractivity contribution in [3.8, 4) is 11.1 Å². The number of amides is 1. The van der Waals surface area contributed by atoms with Gasteiger partial charge in [-0.15, -0.1) is 11.3 Å². The van der Waals surface area contributed by atoms with Crippen LogP contribution < -0.4 is 15.8 Å². The average molecular weight is 425 g/mol. The number of H-pyrrole nitrogens is 1. The number of carbonyl (C=O) groups excluding carboxylic acids is 1. The quantitative estimate of drug-likeness (QED) is 0.647. The SMILES string of the molecule is CCC(C)NC(=O)C1CCN(c2nc3c(-c4cccc(C)c4)csc3c(=O)[nH]2)CC1. The second-order valence-electron chi connectivity index (χ2n) is 8.17. The second kappa shape index (κ2) is 8.60. The molecule has 1 unspecified atom stereocenters. The number of benzene rings is 1. The van der Waals surface area contributed by atoms with E-state index in [9.17, 15) is 9.59 Å². The van der Waals surface area contributed by atoms with E-state index in [0.29, 0.717) is 23.7 Å². The van der Waals surface area contributed by atoms with E-state index in [2.05, 4.69) is 47.2 Å². The molecule has 4 rings (SSSR count). The van der Waals surface area contributed by atoms with E-state index >= 15 is 0 Å². The Hall–Kier alpha value is -2.67. The predicted octanol–water partition coefficient (Wildman–Crippen LogP) is 4.09. The van der Waals surface area contributed by atoms with Gasteiger partial charge in [0.25, 0.3) is 5.56 Å². The molecule has 2 N–H and O–H groups in total. The van der Waals surface area contributed by atoms with E-state index in [4.69, 9.17) is 4.98 Å². The van der Waals surface area contributed by atoms with Crippen molar-refractivity contribution in [3.05, 3.63) is 45.6 Å². The maximum atomic E-state index is 12.7. The fraction of sp³-hybridized carbons (Fsp3) is 0.435. The molecule has 0 radical (unpaired) electrons. The molecular formula is C23H28N4O2S. The molecule has 3 aromatic rings. The third-order valence-corrected chi connectivity index (χ3v) is 6.88. The highest BCUT2D eigenvalue weighted by molar-refractivity contribution is 7.17. The summed E-state index contributed by atoms with van der Waals surface area (Å²) in [5, 5.41) is 5.10. The smallest absolute Gasteiger partial charge is 0.270 e. The number of hydrogen-bond donors (Lipinski definition) is 2. The molecule has 1 fully saturated rings. The van der Waals surface area contributed by atoms with Crippen molar-refractivity contribution >= 4 is 33.4 Å². The van der Waals surface area contributed by atoms with Gasteiger partial charge in [0.1, 0.15) is 4.70 Å². The van der Waals surface area contributed by atoms with Gasteiger partial charge in [0.2, 0.25) is 11.9 Å². The topological polar surface area (TPSA) is 78.1 Å². The van der Waals surface area contributed by atoms with E-state index in [1.807, 2.05) is 18.4 Å². The van der Waals surface area contributed by atoms with Crippen LogP contribution in [-0.4, -0.2) is 35.0 Å². The minimum Gasteiger partial charge on any atom is -0.353 e. The highest BCUT2D eigenvalue weighted by Gasteiger charge is 2.27. The van der Waals surface area contributed by atoms with Crippen molar-refractivity contribution < 1.29 is 4.79 Å². The normalized spacial score (nSPS) is 16.0. The number of aromatic nitrogens is 2. The molecular weight excluding hydrogens is 396 g/mol. The first-order chi connectivity index (χ1) is 14.5. The Balaban J connectivity index is 1.56. The van der Waals surface area contributed by atoms with Crippen LogP contribution in [0.3, 0.4) is 0 Å². The predicted molar refractivity (Wildman–Crippen MR) is 123 cm³/mol. The number of thiophene rings is 1. The summed E-state index contributed by atoms with van der Waals surface area (Å²) in [5.41, 5.74) is 3.89. The largest absolute Gasteiger partial charge is 0.353 e. The Labute approximate surface area is 180 Å². The minimum atomic E-state index is -0.101. The molecule has 2 aromatic heterocycles. The molecule has 30 heavy (non-hydrogen) atoms. The van der Waals surface area contributed by atoms with Crippen LogP contribution in [0.5, 0.6) is 0 Å². The van der Waals surface area contributed by atoms with Gasteiger partial charge < -0.3 is 10.2 Å². The molecule has 0 spiro atoms. The third kappa shape index (κ3) is 4.12. The van der Waals surface area contributed by atoms with Gasteiger partial charge in [0.15, 0.2) is 0 Å². The van der Waals surface area contributed by atoms with Crippen molar-refractivity contribution in [2.24, 2.45) is 5.92 Å². The summed E-state index contributed by atoms with van der Waals surface area (Å²) in [6.07, 6.45) is 2.45. The fourth-order valence-corrected chi connectivity index (χ4v) is 4.81. The molecule has 1 aromatic carbocycles. The van der Waals surface area contributed by atoms with Crippen LogP contribution in [0, 0.1) is 12.8 Å². The lowest BCUT2D eigenvalue weighted by molar-refractivity contribution is -0.126. The van der Waals surface area contributed by atoms with Gasteiger partial charge >= 0.3 is 0 Å². The van der Waals surface area contributed by atoms with Gasteiger partial charge in [-0.2, -0.15) is 0 Å². The first-order valence-corrected chi connectivity index (χ1v) is 11.5. The minimum absolute atomic E-state index is 0.0229. The van der Waals surface area contributed by atoms with E-state index in [1.165, 1.54) is 16.9 Å². The number of nitrogens with one attached hydrogen (secondary N) is 2. The zero-order chi connectivity index (χ0) is 21.3. The molecule has 0 bridgehead atoms. The standard InChI is InChI=1S/C23H28N4O2S/c1-4-15(3)24-21(28)16-8-10-27(11-9-16)23-25-19-18(13-30-20(19)22(29)26-23)17-7-5-6-14(2)12-17/h5-7,12-13,15-16H,4,8-11H2,1-3H3,(H,24,28)(H,25,26,29). The van der Waals surface area contributed by atoms with Crippen LogP contribution in [0.4, 0.5) is 5.95 Å². The number of rotatable bonds is 5. The lowest BCUT2D eigenvalue weighted by Crippen LogP contribution is -2.43. The van der Waals surface area contributed by atoms with Crippen molar-refractivity contribution in [3.63, 3.8) is 0 Å². The number of anilines is 1. The van der Waals surface area contributed by atoms with E-state index in [0.717, 1.165) is 35.9 Å². The summed E-state index contributed by atoms with van der Waals surface area (Å²) in [7, 11) is 0. The van der Waals surface area contributed by atoms with Crippen LogP contribution in [0.25, 0.3) is 21.3 Å². The molecule has 1 amide bonds. The average Bonchev–Trinajstić information content (AvgIpc) is 3.18. The van der Waals surface area contributed by atoms with Gasteiger partial charge in [-0.25, -0.2) is 4.98 Å². The number of aromatic amines is 1. The van der Waals surface area contributed by atoms with Gasteiger partial charge in [0, 0.05) is 36.0 Å². The zero-order valence-corrected chi connectivity index (χ0v) is 18.5. The van der Waals surface area contributed by atoms with Crippen LogP contribution in [0.1, 0.15) is 38.7 Å². The lowest BCUT2D eigenvalue weighted by atomic mass is 9.95. The molecule has 1 saturated heterocycles. The summed E-state index contributed by atoms with van der Waals surface area (Å²) < 4.78 is 0.651.